The molecule has 0 bridgehead atoms. The van der Waals surface area contributed by atoms with Gasteiger partial charge in [-0.3, -0.25) is 0 Å². The van der Waals surface area contributed by atoms with Crippen LogP contribution in [-0.4, -0.2) is 13.1 Å². The molecular formula is C8H26N8. The highest BCUT2D eigenvalue weighted by molar-refractivity contribution is 4.84. The smallest absolute Gasteiger partial charge is 0.109 e. The van der Waals surface area contributed by atoms with Crippen LogP contribution < -0.4 is 45.9 Å². The van der Waals surface area contributed by atoms with Gasteiger partial charge in [0.25, 0.3) is 0 Å². The van der Waals surface area contributed by atoms with E-state index in [1.54, 1.807) is 0 Å². The van der Waals surface area contributed by atoms with E-state index >= 15 is 0 Å². The lowest BCUT2D eigenvalue weighted by Gasteiger charge is -1.87. The molecule has 0 atom stereocenters. The van der Waals surface area contributed by atoms with Crippen LogP contribution in [0.1, 0.15) is 12.8 Å². The maximum absolute atomic E-state index is 5.16. The molecule has 0 aliphatic rings. The Balaban J connectivity index is -0.000000160. The zero-order chi connectivity index (χ0) is 13.4. The number of hydrogen-bond acceptors (Lipinski definition) is 8. The van der Waals surface area contributed by atoms with E-state index in [2.05, 4.69) is 0 Å². The molecule has 0 heterocycles. The van der Waals surface area contributed by atoms with Gasteiger partial charge in [0.1, 0.15) is 11.6 Å². The normalized spacial score (nSPS) is 7.38. The predicted molar refractivity (Wildman–Crippen MR) is 68.6 cm³/mol. The van der Waals surface area contributed by atoms with E-state index < -0.39 is 0 Å². The van der Waals surface area contributed by atoms with E-state index in [0.29, 0.717) is 0 Å². The Morgan fingerprint density at radius 2 is 0.875 bits per heavy atom. The number of nitrogens with two attached hydrogens (primary N) is 8. The second-order valence-corrected chi connectivity index (χ2v) is 2.62. The predicted octanol–water partition coefficient (Wildman–Crippen LogP) is -2.99. The Morgan fingerprint density at radius 1 is 0.688 bits per heavy atom. The lowest BCUT2D eigenvalue weighted by atomic mass is 10.3. The van der Waals surface area contributed by atoms with Gasteiger partial charge >= 0.3 is 0 Å². The molecule has 0 rings (SSSR count). The molecule has 16 heavy (non-hydrogen) atoms. The third-order valence-corrected chi connectivity index (χ3v) is 1.04. The summed E-state index contributed by atoms with van der Waals surface area (Å²) in [4.78, 5) is 0. The van der Waals surface area contributed by atoms with Crippen molar-refractivity contribution in [1.29, 1.82) is 0 Å². The van der Waals surface area contributed by atoms with Crippen molar-refractivity contribution in [3.8, 4) is 0 Å². The quantitative estimate of drug-likeness (QED) is 0.235. The first kappa shape index (κ1) is 19.7. The molecule has 0 unspecified atom stereocenters. The van der Waals surface area contributed by atoms with Crippen molar-refractivity contribution in [2.45, 2.75) is 12.8 Å². The van der Waals surface area contributed by atoms with Gasteiger partial charge in [0.05, 0.1) is 0 Å². The maximum Gasteiger partial charge on any atom is 0.109 e. The summed E-state index contributed by atoms with van der Waals surface area (Å²) in [6, 6.07) is 0. The van der Waals surface area contributed by atoms with Crippen LogP contribution in [0.3, 0.4) is 0 Å². The Labute approximate surface area is 96.6 Å². The molecule has 0 saturated heterocycles. The summed E-state index contributed by atoms with van der Waals surface area (Å²) in [5.74, 6) is 0.315. The van der Waals surface area contributed by atoms with Gasteiger partial charge in [-0.05, 0) is 25.9 Å². The third kappa shape index (κ3) is 56.6. The van der Waals surface area contributed by atoms with Gasteiger partial charge in [-0.2, -0.15) is 0 Å². The Kier molecular flexibility index (Phi) is 23.3. The summed E-state index contributed by atoms with van der Waals surface area (Å²) in [5.41, 5.74) is 39.1. The second-order valence-electron chi connectivity index (χ2n) is 2.62. The van der Waals surface area contributed by atoms with Crippen LogP contribution in [0.15, 0.2) is 24.0 Å². The number of rotatable bonds is 3. The molecule has 0 aromatic carbocycles. The molecule has 8 nitrogen and oxygen atoms in total. The van der Waals surface area contributed by atoms with Crippen molar-refractivity contribution in [2.75, 3.05) is 13.1 Å². The van der Waals surface area contributed by atoms with E-state index in [4.69, 9.17) is 45.9 Å². The van der Waals surface area contributed by atoms with E-state index in [9.17, 15) is 0 Å². The highest BCUT2D eigenvalue weighted by Crippen LogP contribution is 1.77. The summed E-state index contributed by atoms with van der Waals surface area (Å²) in [6.07, 6.45) is 4.41. The van der Waals surface area contributed by atoms with E-state index in [1.165, 1.54) is 0 Å². The van der Waals surface area contributed by atoms with Gasteiger partial charge in [-0.15, -0.1) is 0 Å². The van der Waals surface area contributed by atoms with E-state index in [0.717, 1.165) is 38.3 Å². The minimum Gasteiger partial charge on any atom is -0.402 e. The van der Waals surface area contributed by atoms with E-state index in [1.807, 2.05) is 0 Å². The molecule has 0 radical (unpaired) electrons. The maximum atomic E-state index is 5.16. The van der Waals surface area contributed by atoms with Gasteiger partial charge in [-0.25, -0.2) is 0 Å². The number of unbranched alkanes of at least 4 members (excludes halogenated alkanes) is 1. The fraction of sp³-hybridized carbons (Fsp3) is 0.500. The summed E-state index contributed by atoms with van der Waals surface area (Å²) >= 11 is 0. The average molecular weight is 234 g/mol. The van der Waals surface area contributed by atoms with Crippen LogP contribution >= 0.6 is 0 Å². The summed E-state index contributed by atoms with van der Waals surface area (Å²) in [6.45, 7) is 1.55. The van der Waals surface area contributed by atoms with Gasteiger partial charge in [-0.1, -0.05) is 0 Å². The van der Waals surface area contributed by atoms with Crippen LogP contribution in [0.5, 0.6) is 0 Å². The second kappa shape index (κ2) is 18.9. The van der Waals surface area contributed by atoms with Crippen LogP contribution in [0.4, 0.5) is 0 Å². The van der Waals surface area contributed by atoms with Crippen LogP contribution in [0, 0.1) is 0 Å². The highest BCUT2D eigenvalue weighted by atomic mass is 14.8. The van der Waals surface area contributed by atoms with Crippen LogP contribution in [0.2, 0.25) is 0 Å². The van der Waals surface area contributed by atoms with Crippen molar-refractivity contribution >= 4 is 0 Å². The fourth-order valence-corrected chi connectivity index (χ4v) is 0.289. The summed E-state index contributed by atoms with van der Waals surface area (Å²) < 4.78 is 0. The monoisotopic (exact) mass is 234 g/mol. The molecule has 0 aliphatic carbocycles. The van der Waals surface area contributed by atoms with Crippen LogP contribution in [0.25, 0.3) is 0 Å². The van der Waals surface area contributed by atoms with Crippen molar-refractivity contribution in [3.05, 3.63) is 24.0 Å². The van der Waals surface area contributed by atoms with Gasteiger partial charge in [0.15, 0.2) is 0 Å². The largest absolute Gasteiger partial charge is 0.402 e. The molecule has 0 fully saturated rings. The highest BCUT2D eigenvalue weighted by Gasteiger charge is 1.75. The molecule has 8 heteroatoms. The van der Waals surface area contributed by atoms with Gasteiger partial charge in [0.2, 0.25) is 0 Å². The SMILES string of the molecule is NC=C(N)N.NC=C(N)N.NCCCCN. The zero-order valence-corrected chi connectivity index (χ0v) is 9.60. The molecule has 98 valence electrons. The van der Waals surface area contributed by atoms with Crippen LogP contribution in [-0.2, 0) is 0 Å². The topological polar surface area (TPSA) is 208 Å². The molecule has 0 aliphatic heterocycles. The van der Waals surface area contributed by atoms with Crippen molar-refractivity contribution in [1.82, 2.24) is 0 Å². The molecule has 16 N–H and O–H groups in total. The summed E-state index contributed by atoms with van der Waals surface area (Å²) in [7, 11) is 0. The lowest BCUT2D eigenvalue weighted by Crippen LogP contribution is -2.09. The van der Waals surface area contributed by atoms with E-state index in [-0.39, 0.29) is 11.6 Å². The summed E-state index contributed by atoms with van der Waals surface area (Å²) in [5, 5.41) is 0. The molecule has 0 aromatic rings. The zero-order valence-electron chi connectivity index (χ0n) is 9.60. The standard InChI is InChI=1S/C4H12N2.2C2H7N3/c5-3-1-2-4-6;2*3-1-2(4)5/h1-6H2;2*1H,3-5H2. The number of hydrogen-bond donors (Lipinski definition) is 8. The molecule has 0 spiro atoms. The molecule has 0 saturated carbocycles. The molecular weight excluding hydrogens is 208 g/mol. The first-order valence-electron chi connectivity index (χ1n) is 4.72. The lowest BCUT2D eigenvalue weighted by molar-refractivity contribution is 0.755. The molecule has 0 aromatic heterocycles. The average Bonchev–Trinajstić information content (AvgIpc) is 2.27. The Hall–Kier alpha value is -1.80. The van der Waals surface area contributed by atoms with Crippen molar-refractivity contribution in [3.63, 3.8) is 0 Å². The minimum atomic E-state index is 0.157. The first-order chi connectivity index (χ1) is 7.45. The van der Waals surface area contributed by atoms with Gasteiger partial charge < -0.3 is 45.9 Å². The third-order valence-electron chi connectivity index (χ3n) is 1.04. The van der Waals surface area contributed by atoms with Crippen molar-refractivity contribution in [2.24, 2.45) is 45.9 Å². The Bertz CT molecular complexity index is 149. The molecule has 0 amide bonds. The minimum absolute atomic E-state index is 0.157. The fourth-order valence-electron chi connectivity index (χ4n) is 0.289. The van der Waals surface area contributed by atoms with Gasteiger partial charge in [0, 0.05) is 12.4 Å². The Morgan fingerprint density at radius 3 is 0.938 bits per heavy atom. The first-order valence-corrected chi connectivity index (χ1v) is 4.72. The van der Waals surface area contributed by atoms with Crippen molar-refractivity contribution < 1.29 is 0 Å².